The monoisotopic (exact) mass is 354 g/mol. The summed E-state index contributed by atoms with van der Waals surface area (Å²) in [6.45, 7) is -0.194. The van der Waals surface area contributed by atoms with E-state index in [0.717, 1.165) is 6.07 Å². The number of rotatable bonds is 5. The third-order valence-corrected chi connectivity index (χ3v) is 4.19. The van der Waals surface area contributed by atoms with Crippen LogP contribution >= 0.6 is 15.9 Å². The van der Waals surface area contributed by atoms with Crippen molar-refractivity contribution in [3.05, 3.63) is 22.4 Å². The van der Waals surface area contributed by atoms with Crippen LogP contribution in [0.4, 0.5) is 10.1 Å². The Labute approximate surface area is 118 Å². The molecule has 9 heteroatoms. The maximum atomic E-state index is 13.7. The van der Waals surface area contributed by atoms with Gasteiger partial charge in [0.05, 0.1) is 18.0 Å². The molecule has 0 aliphatic heterocycles. The molecule has 1 aromatic rings. The average Bonchev–Trinajstić information content (AvgIpc) is 2.33. The molecule has 0 aliphatic carbocycles. The Balaban J connectivity index is 2.92. The van der Waals surface area contributed by atoms with Gasteiger partial charge in [0, 0.05) is 12.2 Å². The molecule has 0 spiro atoms. The van der Waals surface area contributed by atoms with Crippen molar-refractivity contribution in [3.63, 3.8) is 0 Å². The number of ether oxygens (including phenoxy) is 1. The molecule has 3 N–H and O–H groups in total. The molecule has 0 aromatic heterocycles. The minimum absolute atomic E-state index is 0.0548. The summed E-state index contributed by atoms with van der Waals surface area (Å²) in [4.78, 5) is 10.3. The Morgan fingerprint density at radius 1 is 1.53 bits per heavy atom. The highest BCUT2D eigenvalue weighted by Gasteiger charge is 2.21. The highest BCUT2D eigenvalue weighted by molar-refractivity contribution is 9.10. The molecule has 1 rings (SSSR count). The molecule has 6 nitrogen and oxygen atoms in total. The summed E-state index contributed by atoms with van der Waals surface area (Å²) in [5.41, 5.74) is 5.56. The van der Waals surface area contributed by atoms with Crippen LogP contribution in [-0.2, 0) is 19.6 Å². The molecule has 0 fully saturated rings. The van der Waals surface area contributed by atoms with E-state index in [0.29, 0.717) is 0 Å². The molecule has 0 heterocycles. The molecule has 0 saturated carbocycles. The van der Waals surface area contributed by atoms with E-state index in [2.05, 4.69) is 25.4 Å². The second kappa shape index (κ2) is 6.31. The Hall–Kier alpha value is -1.19. The first-order valence-corrected chi connectivity index (χ1v) is 7.36. The number of carbonyl (C=O) groups excluding carboxylic acids is 1. The van der Waals surface area contributed by atoms with Gasteiger partial charge in [-0.1, -0.05) is 0 Å². The first kappa shape index (κ1) is 15.9. The fourth-order valence-corrected chi connectivity index (χ4v) is 3.02. The van der Waals surface area contributed by atoms with Crippen LogP contribution in [0.1, 0.15) is 6.42 Å². The van der Waals surface area contributed by atoms with E-state index in [1.54, 1.807) is 0 Å². The van der Waals surface area contributed by atoms with Crippen LogP contribution in [0.2, 0.25) is 0 Å². The van der Waals surface area contributed by atoms with Gasteiger partial charge in [-0.05, 0) is 28.1 Å². The Morgan fingerprint density at radius 2 is 2.16 bits per heavy atom. The number of nitrogens with two attached hydrogens (primary N) is 1. The van der Waals surface area contributed by atoms with E-state index in [1.165, 1.54) is 13.2 Å². The molecule has 0 radical (unpaired) electrons. The van der Waals surface area contributed by atoms with Gasteiger partial charge < -0.3 is 10.5 Å². The minimum Gasteiger partial charge on any atom is -0.469 e. The van der Waals surface area contributed by atoms with E-state index < -0.39 is 26.7 Å². The molecular weight excluding hydrogens is 343 g/mol. The summed E-state index contributed by atoms with van der Waals surface area (Å²) >= 11 is 2.87. The van der Waals surface area contributed by atoms with E-state index in [4.69, 9.17) is 5.73 Å². The van der Waals surface area contributed by atoms with E-state index in [-0.39, 0.29) is 23.1 Å². The highest BCUT2D eigenvalue weighted by Crippen LogP contribution is 2.25. The standard InChI is InChI=1S/C10H12BrFN2O4S/c1-18-9(15)2-3-14-19(16,17)8-5-6(13)4-7(11)10(8)12/h4-5,14H,2-3,13H2,1H3. The number of nitrogen functional groups attached to an aromatic ring is 1. The number of nitrogens with one attached hydrogen (secondary N) is 1. The van der Waals surface area contributed by atoms with Crippen LogP contribution in [0.25, 0.3) is 0 Å². The van der Waals surface area contributed by atoms with Crippen molar-refractivity contribution in [2.75, 3.05) is 19.4 Å². The molecule has 0 bridgehead atoms. The van der Waals surface area contributed by atoms with Gasteiger partial charge in [0.1, 0.15) is 4.90 Å². The second-order valence-corrected chi connectivity index (χ2v) is 6.13. The summed E-state index contributed by atoms with van der Waals surface area (Å²) in [6.07, 6.45) is -0.152. The largest absolute Gasteiger partial charge is 0.469 e. The highest BCUT2D eigenvalue weighted by atomic mass is 79.9. The number of benzene rings is 1. The van der Waals surface area contributed by atoms with Gasteiger partial charge in [0.2, 0.25) is 10.0 Å². The Kier molecular flexibility index (Phi) is 5.27. The maximum Gasteiger partial charge on any atom is 0.306 e. The van der Waals surface area contributed by atoms with Crippen molar-refractivity contribution in [3.8, 4) is 0 Å². The topological polar surface area (TPSA) is 98.5 Å². The summed E-state index contributed by atoms with van der Waals surface area (Å²) in [7, 11) is -2.90. The Morgan fingerprint density at radius 3 is 2.74 bits per heavy atom. The molecule has 0 saturated heterocycles. The zero-order valence-corrected chi connectivity index (χ0v) is 12.3. The number of methoxy groups -OCH3 is 1. The number of anilines is 1. The van der Waals surface area contributed by atoms with Crippen LogP contribution in [-0.4, -0.2) is 28.0 Å². The molecular formula is C10H12BrFN2O4S. The second-order valence-electron chi connectivity index (χ2n) is 3.54. The molecule has 0 atom stereocenters. The molecule has 106 valence electrons. The quantitative estimate of drug-likeness (QED) is 0.607. The number of hydrogen-bond donors (Lipinski definition) is 2. The lowest BCUT2D eigenvalue weighted by atomic mass is 10.3. The number of hydrogen-bond acceptors (Lipinski definition) is 5. The van der Waals surface area contributed by atoms with Gasteiger partial charge >= 0.3 is 5.97 Å². The van der Waals surface area contributed by atoms with Gasteiger partial charge in [-0.15, -0.1) is 0 Å². The summed E-state index contributed by atoms with van der Waals surface area (Å²) in [5, 5.41) is 0. The molecule has 1 aromatic carbocycles. The molecule has 19 heavy (non-hydrogen) atoms. The van der Waals surface area contributed by atoms with Crippen molar-refractivity contribution in [1.82, 2.24) is 4.72 Å². The van der Waals surface area contributed by atoms with Crippen LogP contribution in [0.5, 0.6) is 0 Å². The molecule has 0 unspecified atom stereocenters. The fourth-order valence-electron chi connectivity index (χ4n) is 1.25. The van der Waals surface area contributed by atoms with E-state index >= 15 is 0 Å². The van der Waals surface area contributed by atoms with Crippen LogP contribution in [0.3, 0.4) is 0 Å². The van der Waals surface area contributed by atoms with Crippen LogP contribution in [0.15, 0.2) is 21.5 Å². The Bertz CT molecular complexity index is 591. The number of sulfonamides is 1. The van der Waals surface area contributed by atoms with Crippen molar-refractivity contribution in [2.24, 2.45) is 0 Å². The minimum atomic E-state index is -4.08. The first-order valence-electron chi connectivity index (χ1n) is 5.09. The zero-order chi connectivity index (χ0) is 14.6. The van der Waals surface area contributed by atoms with Gasteiger partial charge in [0.25, 0.3) is 0 Å². The van der Waals surface area contributed by atoms with Crippen LogP contribution in [0, 0.1) is 5.82 Å². The predicted molar refractivity (Wildman–Crippen MR) is 70.3 cm³/mol. The lowest BCUT2D eigenvalue weighted by Crippen LogP contribution is -2.27. The van der Waals surface area contributed by atoms with Crippen molar-refractivity contribution < 1.29 is 22.3 Å². The number of halogens is 2. The van der Waals surface area contributed by atoms with Crippen molar-refractivity contribution in [2.45, 2.75) is 11.3 Å². The summed E-state index contributed by atoms with van der Waals surface area (Å²) in [5.74, 6) is -1.52. The zero-order valence-electron chi connectivity index (χ0n) is 9.94. The number of carbonyl (C=O) groups is 1. The molecule has 0 amide bonds. The summed E-state index contributed by atoms with van der Waals surface area (Å²) in [6, 6.07) is 2.25. The van der Waals surface area contributed by atoms with Gasteiger partial charge in [0.15, 0.2) is 5.82 Å². The smallest absolute Gasteiger partial charge is 0.306 e. The fraction of sp³-hybridized carbons (Fsp3) is 0.300. The average molecular weight is 355 g/mol. The first-order chi connectivity index (χ1) is 8.77. The number of esters is 1. The SMILES string of the molecule is COC(=O)CCNS(=O)(=O)c1cc(N)cc(Br)c1F. The van der Waals surface area contributed by atoms with Crippen LogP contribution < -0.4 is 10.5 Å². The van der Waals surface area contributed by atoms with E-state index in [1.807, 2.05) is 0 Å². The third kappa shape index (κ3) is 4.15. The van der Waals surface area contributed by atoms with Gasteiger partial charge in [-0.3, -0.25) is 4.79 Å². The van der Waals surface area contributed by atoms with Crippen molar-refractivity contribution >= 4 is 37.6 Å². The predicted octanol–water partition coefficient (Wildman–Crippen LogP) is 1.01. The third-order valence-electron chi connectivity index (χ3n) is 2.16. The van der Waals surface area contributed by atoms with Crippen molar-refractivity contribution in [1.29, 1.82) is 0 Å². The lowest BCUT2D eigenvalue weighted by molar-refractivity contribution is -0.140. The van der Waals surface area contributed by atoms with Gasteiger partial charge in [-0.2, -0.15) is 0 Å². The lowest BCUT2D eigenvalue weighted by Gasteiger charge is -2.09. The maximum absolute atomic E-state index is 13.7. The summed E-state index contributed by atoms with van der Waals surface area (Å²) < 4.78 is 43.8. The molecule has 0 aliphatic rings. The van der Waals surface area contributed by atoms with E-state index in [9.17, 15) is 17.6 Å². The van der Waals surface area contributed by atoms with Gasteiger partial charge in [-0.25, -0.2) is 17.5 Å². The normalized spacial score (nSPS) is 11.3.